The highest BCUT2D eigenvalue weighted by molar-refractivity contribution is 7.92. The molecule has 7 nitrogen and oxygen atoms in total. The molecule has 1 aromatic heterocycles. The van der Waals surface area contributed by atoms with Gasteiger partial charge in [-0.25, -0.2) is 8.42 Å². The monoisotopic (exact) mass is 397 g/mol. The van der Waals surface area contributed by atoms with Gasteiger partial charge in [0.15, 0.2) is 5.82 Å². The number of nitrogens with zero attached hydrogens (tertiary/aromatic N) is 3. The molecule has 146 valence electrons. The van der Waals surface area contributed by atoms with Crippen molar-refractivity contribution in [3.63, 3.8) is 0 Å². The Bertz CT molecular complexity index is 1080. The van der Waals surface area contributed by atoms with Gasteiger partial charge in [0, 0.05) is 31.5 Å². The van der Waals surface area contributed by atoms with Crippen LogP contribution in [0.1, 0.15) is 11.1 Å². The fraction of sp³-hybridized carbons (Fsp3) is 0.200. The second kappa shape index (κ2) is 7.85. The fourth-order valence-corrected chi connectivity index (χ4v) is 4.03. The smallest absolute Gasteiger partial charge is 0.262 e. The summed E-state index contributed by atoms with van der Waals surface area (Å²) in [5.41, 5.74) is 3.79. The van der Waals surface area contributed by atoms with Crippen molar-refractivity contribution in [1.29, 1.82) is 0 Å². The zero-order valence-electron chi connectivity index (χ0n) is 16.3. The number of rotatable bonds is 6. The van der Waals surface area contributed by atoms with Crippen LogP contribution in [0, 0.1) is 13.8 Å². The molecule has 0 fully saturated rings. The summed E-state index contributed by atoms with van der Waals surface area (Å²) in [6.07, 6.45) is 1.68. The number of aromatic nitrogens is 2. The van der Waals surface area contributed by atoms with Gasteiger partial charge < -0.3 is 10.2 Å². The van der Waals surface area contributed by atoms with Crippen LogP contribution in [0.5, 0.6) is 0 Å². The van der Waals surface area contributed by atoms with Crippen molar-refractivity contribution < 1.29 is 8.42 Å². The first-order chi connectivity index (χ1) is 13.2. The summed E-state index contributed by atoms with van der Waals surface area (Å²) in [5, 5.41) is 11.2. The Labute approximate surface area is 165 Å². The lowest BCUT2D eigenvalue weighted by Gasteiger charge is -2.13. The molecule has 28 heavy (non-hydrogen) atoms. The summed E-state index contributed by atoms with van der Waals surface area (Å²) >= 11 is 0. The van der Waals surface area contributed by atoms with Crippen LogP contribution in [-0.4, -0.2) is 32.7 Å². The number of benzene rings is 2. The molecule has 8 heteroatoms. The molecule has 0 unspecified atom stereocenters. The van der Waals surface area contributed by atoms with Crippen molar-refractivity contribution in [2.75, 3.05) is 29.0 Å². The molecule has 2 N–H and O–H groups in total. The molecule has 0 amide bonds. The van der Waals surface area contributed by atoms with Gasteiger partial charge in [0.2, 0.25) is 0 Å². The summed E-state index contributed by atoms with van der Waals surface area (Å²) < 4.78 is 28.0. The number of nitrogens with one attached hydrogen (secondary N) is 2. The van der Waals surface area contributed by atoms with E-state index in [1.54, 1.807) is 49.5 Å². The highest BCUT2D eigenvalue weighted by Crippen LogP contribution is 2.23. The molecule has 0 aliphatic rings. The van der Waals surface area contributed by atoms with E-state index in [-0.39, 0.29) is 4.90 Å². The highest BCUT2D eigenvalue weighted by Gasteiger charge is 2.17. The molecule has 0 atom stereocenters. The Morgan fingerprint density at radius 3 is 2.29 bits per heavy atom. The van der Waals surface area contributed by atoms with Gasteiger partial charge >= 0.3 is 0 Å². The molecule has 0 saturated carbocycles. The van der Waals surface area contributed by atoms with Crippen LogP contribution in [0.2, 0.25) is 0 Å². The third-order valence-electron chi connectivity index (χ3n) is 4.20. The topological polar surface area (TPSA) is 87.2 Å². The zero-order chi connectivity index (χ0) is 20.3. The van der Waals surface area contributed by atoms with E-state index in [0.717, 1.165) is 16.9 Å². The van der Waals surface area contributed by atoms with Gasteiger partial charge in [0.1, 0.15) is 0 Å². The van der Waals surface area contributed by atoms with Crippen LogP contribution in [0.3, 0.4) is 0 Å². The van der Waals surface area contributed by atoms with E-state index in [1.165, 1.54) is 0 Å². The van der Waals surface area contributed by atoms with E-state index < -0.39 is 10.0 Å². The minimum absolute atomic E-state index is 0.283. The Kier molecular flexibility index (Phi) is 5.51. The van der Waals surface area contributed by atoms with Gasteiger partial charge in [0.05, 0.1) is 16.8 Å². The molecule has 3 aromatic rings. The Balaban J connectivity index is 1.76. The van der Waals surface area contributed by atoms with E-state index in [2.05, 4.69) is 20.2 Å². The van der Waals surface area contributed by atoms with Gasteiger partial charge in [-0.05, 0) is 55.3 Å². The van der Waals surface area contributed by atoms with Crippen molar-refractivity contribution in [2.45, 2.75) is 18.7 Å². The molecule has 0 aliphatic heterocycles. The Hall–Kier alpha value is -3.13. The molecule has 0 saturated heterocycles. The van der Waals surface area contributed by atoms with Crippen molar-refractivity contribution in [3.05, 3.63) is 65.9 Å². The minimum Gasteiger partial charge on any atom is -0.376 e. The van der Waals surface area contributed by atoms with Crippen LogP contribution < -0.4 is 14.9 Å². The first kappa shape index (κ1) is 19.6. The molecular weight excluding hydrogens is 374 g/mol. The van der Waals surface area contributed by atoms with E-state index in [9.17, 15) is 8.42 Å². The molecule has 0 aliphatic carbocycles. The van der Waals surface area contributed by atoms with E-state index in [0.29, 0.717) is 17.1 Å². The zero-order valence-corrected chi connectivity index (χ0v) is 17.1. The van der Waals surface area contributed by atoms with Crippen LogP contribution in [0.25, 0.3) is 0 Å². The number of hydrogen-bond donors (Lipinski definition) is 2. The van der Waals surface area contributed by atoms with Crippen molar-refractivity contribution in [2.24, 2.45) is 0 Å². The molecule has 2 aromatic carbocycles. The van der Waals surface area contributed by atoms with Gasteiger partial charge in [-0.2, -0.15) is 5.10 Å². The third kappa shape index (κ3) is 4.58. The summed E-state index contributed by atoms with van der Waals surface area (Å²) in [4.78, 5) is 2.22. The maximum absolute atomic E-state index is 12.7. The lowest BCUT2D eigenvalue weighted by atomic mass is 10.2. The predicted octanol–water partition coefficient (Wildman–Crippen LogP) is 3.70. The van der Waals surface area contributed by atoms with Crippen molar-refractivity contribution >= 4 is 32.9 Å². The van der Waals surface area contributed by atoms with E-state index >= 15 is 0 Å². The van der Waals surface area contributed by atoms with Crippen LogP contribution in [0.4, 0.5) is 22.9 Å². The van der Waals surface area contributed by atoms with Gasteiger partial charge in [-0.3, -0.25) is 4.72 Å². The SMILES string of the molecule is Cc1ccc(C)c(S(=O)(=O)Nc2ccc(Nc3cc(N(C)C)cnn3)cc2)c1. The summed E-state index contributed by atoms with van der Waals surface area (Å²) in [7, 11) is 0.205. The van der Waals surface area contributed by atoms with Crippen LogP contribution >= 0.6 is 0 Å². The summed E-state index contributed by atoms with van der Waals surface area (Å²) in [6, 6.07) is 14.2. The van der Waals surface area contributed by atoms with Gasteiger partial charge in [0.25, 0.3) is 10.0 Å². The number of sulfonamides is 1. The average molecular weight is 398 g/mol. The van der Waals surface area contributed by atoms with Crippen LogP contribution in [-0.2, 0) is 10.0 Å². The Morgan fingerprint density at radius 1 is 0.929 bits per heavy atom. The first-order valence-electron chi connectivity index (χ1n) is 8.72. The predicted molar refractivity (Wildman–Crippen MR) is 113 cm³/mol. The second-order valence-corrected chi connectivity index (χ2v) is 8.42. The molecule has 1 heterocycles. The Morgan fingerprint density at radius 2 is 1.61 bits per heavy atom. The number of hydrogen-bond acceptors (Lipinski definition) is 6. The minimum atomic E-state index is -3.65. The van der Waals surface area contributed by atoms with Gasteiger partial charge in [-0.15, -0.1) is 5.10 Å². The van der Waals surface area contributed by atoms with Gasteiger partial charge in [-0.1, -0.05) is 12.1 Å². The third-order valence-corrected chi connectivity index (χ3v) is 5.72. The molecule has 0 spiro atoms. The number of anilines is 4. The lowest BCUT2D eigenvalue weighted by Crippen LogP contribution is -2.14. The molecule has 3 rings (SSSR count). The fourth-order valence-electron chi connectivity index (χ4n) is 2.64. The molecule has 0 radical (unpaired) electrons. The second-order valence-electron chi connectivity index (χ2n) is 6.77. The van der Waals surface area contributed by atoms with E-state index in [4.69, 9.17) is 0 Å². The first-order valence-corrected chi connectivity index (χ1v) is 10.2. The molecular formula is C20H23N5O2S. The van der Waals surface area contributed by atoms with E-state index in [1.807, 2.05) is 38.1 Å². The lowest BCUT2D eigenvalue weighted by molar-refractivity contribution is 0.600. The average Bonchev–Trinajstić information content (AvgIpc) is 2.65. The number of aryl methyl sites for hydroxylation is 2. The maximum Gasteiger partial charge on any atom is 0.262 e. The van der Waals surface area contributed by atoms with Crippen molar-refractivity contribution in [1.82, 2.24) is 10.2 Å². The van der Waals surface area contributed by atoms with Crippen LogP contribution in [0.15, 0.2) is 59.6 Å². The molecule has 0 bridgehead atoms. The normalized spacial score (nSPS) is 11.1. The summed E-state index contributed by atoms with van der Waals surface area (Å²) in [5.74, 6) is 0.606. The standard InChI is InChI=1S/C20H23N5O2S/c1-14-5-6-15(2)19(11-14)28(26,27)24-17-9-7-16(8-10-17)22-20-12-18(25(3)4)13-21-23-20/h5-13,24H,1-4H3,(H,22,23). The maximum atomic E-state index is 12.7. The largest absolute Gasteiger partial charge is 0.376 e. The highest BCUT2D eigenvalue weighted by atomic mass is 32.2. The van der Waals surface area contributed by atoms with Crippen molar-refractivity contribution in [3.8, 4) is 0 Å². The quantitative estimate of drug-likeness (QED) is 0.659. The summed E-state index contributed by atoms with van der Waals surface area (Å²) in [6.45, 7) is 3.65.